The molecule has 0 aromatic heterocycles. The molecule has 8 rings (SSSR count). The molecular weight excluding hydrogens is 797 g/mol. The van der Waals surface area contributed by atoms with Crippen LogP contribution >= 0.6 is 0 Å². The maximum absolute atomic E-state index is 12.9. The van der Waals surface area contributed by atoms with E-state index in [9.17, 15) is 24.0 Å². The summed E-state index contributed by atoms with van der Waals surface area (Å²) < 4.78 is 49.2. The minimum Gasteiger partial charge on any atom is -0.482 e. The number of carbonyl (C=O) groups excluding carboxylic acids is 5. The normalized spacial score (nSPS) is 20.9. The molecule has 62 heavy (non-hydrogen) atoms. The molecule has 13 nitrogen and oxygen atoms in total. The molecule has 0 bridgehead atoms. The zero-order valence-corrected chi connectivity index (χ0v) is 35.4. The Labute approximate surface area is 357 Å². The Kier molecular flexibility index (Phi) is 10.5. The number of esters is 5. The third-order valence-corrected chi connectivity index (χ3v) is 10.9. The molecule has 0 saturated heterocycles. The van der Waals surface area contributed by atoms with Gasteiger partial charge in [0.1, 0.15) is 51.6 Å². The first-order chi connectivity index (χ1) is 29.4. The van der Waals surface area contributed by atoms with Crippen LogP contribution in [0.3, 0.4) is 0 Å². The van der Waals surface area contributed by atoms with Gasteiger partial charge in [-0.15, -0.1) is 0 Å². The fourth-order valence-corrected chi connectivity index (χ4v) is 8.81. The van der Waals surface area contributed by atoms with E-state index < -0.39 is 53.1 Å². The van der Waals surface area contributed by atoms with E-state index >= 15 is 0 Å². The highest BCUT2D eigenvalue weighted by Crippen LogP contribution is 2.66. The lowest BCUT2D eigenvalue weighted by atomic mass is 9.60. The molecule has 3 heterocycles. The molecule has 0 spiro atoms. The Balaban J connectivity index is 1.36. The molecule has 0 radical (unpaired) electrons. The van der Waals surface area contributed by atoms with Crippen LogP contribution in [0, 0.1) is 5.92 Å². The van der Waals surface area contributed by atoms with Crippen molar-refractivity contribution in [1.29, 1.82) is 0 Å². The molecule has 4 atom stereocenters. The average molecular weight is 841 g/mol. The van der Waals surface area contributed by atoms with E-state index in [1.807, 2.05) is 32.1 Å². The van der Waals surface area contributed by atoms with E-state index in [0.717, 1.165) is 11.1 Å². The Hall–Kier alpha value is -7.15. The van der Waals surface area contributed by atoms with Crippen molar-refractivity contribution in [2.24, 2.45) is 5.92 Å². The molecule has 0 unspecified atom stereocenters. The summed E-state index contributed by atoms with van der Waals surface area (Å²) in [6.45, 7) is 12.4. The van der Waals surface area contributed by atoms with Gasteiger partial charge in [0.2, 0.25) is 0 Å². The minimum atomic E-state index is -1.65. The number of carbonyl (C=O) groups is 5. The summed E-state index contributed by atoms with van der Waals surface area (Å²) in [7, 11) is 0. The summed E-state index contributed by atoms with van der Waals surface area (Å²) >= 11 is 0. The number of hydrogen-bond donors (Lipinski definition) is 0. The number of ether oxygens (including phenoxy) is 8. The number of benzene rings is 4. The highest BCUT2D eigenvalue weighted by molar-refractivity contribution is 5.80. The maximum Gasteiger partial charge on any atom is 0.308 e. The summed E-state index contributed by atoms with van der Waals surface area (Å²) in [5, 5.41) is 0. The van der Waals surface area contributed by atoms with Gasteiger partial charge >= 0.3 is 29.8 Å². The van der Waals surface area contributed by atoms with Crippen LogP contribution in [-0.2, 0) is 29.8 Å². The Morgan fingerprint density at radius 3 is 1.98 bits per heavy atom. The van der Waals surface area contributed by atoms with Crippen molar-refractivity contribution in [1.82, 2.24) is 0 Å². The molecular formula is C49H44O13. The zero-order valence-electron chi connectivity index (χ0n) is 35.4. The van der Waals surface area contributed by atoms with Gasteiger partial charge in [-0.25, -0.2) is 0 Å². The molecule has 4 aromatic carbocycles. The highest BCUT2D eigenvalue weighted by Gasteiger charge is 2.62. The number of fused-ring (bicyclic) bond motifs is 5. The van der Waals surface area contributed by atoms with Gasteiger partial charge in [-0.2, -0.15) is 0 Å². The van der Waals surface area contributed by atoms with Gasteiger partial charge in [0, 0.05) is 69.7 Å². The summed E-state index contributed by atoms with van der Waals surface area (Å²) in [4.78, 5) is 61.1. The molecule has 0 N–H and O–H groups in total. The van der Waals surface area contributed by atoms with Gasteiger partial charge in [-0.3, -0.25) is 24.0 Å². The third kappa shape index (κ3) is 7.93. The number of rotatable bonds is 8. The van der Waals surface area contributed by atoms with Gasteiger partial charge < -0.3 is 37.9 Å². The average Bonchev–Trinajstić information content (AvgIpc) is 3.15. The number of hydrogen-bond acceptors (Lipinski definition) is 13. The van der Waals surface area contributed by atoms with Gasteiger partial charge in [0.15, 0.2) is 0 Å². The second-order valence-corrected chi connectivity index (χ2v) is 16.3. The predicted molar refractivity (Wildman–Crippen MR) is 225 cm³/mol. The maximum atomic E-state index is 12.9. The zero-order chi connectivity index (χ0) is 44.2. The molecule has 318 valence electrons. The van der Waals surface area contributed by atoms with E-state index in [0.29, 0.717) is 51.5 Å². The summed E-state index contributed by atoms with van der Waals surface area (Å²) in [5.74, 6) is -3.15. The second-order valence-electron chi connectivity index (χ2n) is 16.3. The SMILES string of the molecule is CC(=O)Oc1ccc(/C=C/c2cc(OC(C)=O)c3c(c2)O[C@]2(c4ccc(OC(C)=O)c5c4OC(C)(C)C=C5)Oc4cc(OC(C)=O)ccc4[C@H]4CC(C)=C[C@H]3[C@@H]42)c(OC(C)=O)c1. The molecule has 4 aromatic rings. The van der Waals surface area contributed by atoms with Crippen molar-refractivity contribution >= 4 is 48.1 Å². The second kappa shape index (κ2) is 15.7. The summed E-state index contributed by atoms with van der Waals surface area (Å²) in [6.07, 6.45) is 9.95. The van der Waals surface area contributed by atoms with Crippen LogP contribution in [0.2, 0.25) is 0 Å². The monoisotopic (exact) mass is 840 g/mol. The van der Waals surface area contributed by atoms with E-state index in [1.165, 1.54) is 40.7 Å². The predicted octanol–water partition coefficient (Wildman–Crippen LogP) is 9.14. The largest absolute Gasteiger partial charge is 0.482 e. The van der Waals surface area contributed by atoms with Crippen molar-refractivity contribution in [2.75, 3.05) is 0 Å². The smallest absolute Gasteiger partial charge is 0.308 e. The van der Waals surface area contributed by atoms with Crippen molar-refractivity contribution in [3.63, 3.8) is 0 Å². The summed E-state index contributed by atoms with van der Waals surface area (Å²) in [5.41, 5.74) is 3.83. The van der Waals surface area contributed by atoms with Gasteiger partial charge in [0.25, 0.3) is 5.79 Å². The molecule has 4 aliphatic rings. The molecule has 0 saturated carbocycles. The van der Waals surface area contributed by atoms with Crippen LogP contribution in [0.4, 0.5) is 0 Å². The molecule has 3 aliphatic heterocycles. The number of allylic oxidation sites excluding steroid dienone is 2. The molecule has 0 amide bonds. The first-order valence-electron chi connectivity index (χ1n) is 20.1. The van der Waals surface area contributed by atoms with Crippen LogP contribution in [0.1, 0.15) is 107 Å². The van der Waals surface area contributed by atoms with Gasteiger partial charge in [-0.1, -0.05) is 29.9 Å². The van der Waals surface area contributed by atoms with Crippen LogP contribution in [0.15, 0.2) is 78.4 Å². The third-order valence-electron chi connectivity index (χ3n) is 10.9. The lowest BCUT2D eigenvalue weighted by Gasteiger charge is -2.55. The van der Waals surface area contributed by atoms with Crippen molar-refractivity contribution in [2.45, 2.75) is 85.0 Å². The lowest BCUT2D eigenvalue weighted by molar-refractivity contribution is -0.198. The van der Waals surface area contributed by atoms with Crippen molar-refractivity contribution in [3.05, 3.63) is 112 Å². The van der Waals surface area contributed by atoms with Crippen LogP contribution in [-0.4, -0.2) is 35.4 Å². The lowest BCUT2D eigenvalue weighted by Crippen LogP contribution is -2.56. The van der Waals surface area contributed by atoms with E-state index in [4.69, 9.17) is 37.9 Å². The first-order valence-corrected chi connectivity index (χ1v) is 20.1. The highest BCUT2D eigenvalue weighted by atomic mass is 16.7. The fourth-order valence-electron chi connectivity index (χ4n) is 8.81. The first kappa shape index (κ1) is 41.6. The van der Waals surface area contributed by atoms with Gasteiger partial charge in [0.05, 0.1) is 17.0 Å². The summed E-state index contributed by atoms with van der Waals surface area (Å²) in [6, 6.07) is 17.0. The van der Waals surface area contributed by atoms with Crippen LogP contribution in [0.25, 0.3) is 18.2 Å². The van der Waals surface area contributed by atoms with Crippen molar-refractivity contribution in [3.8, 4) is 46.0 Å². The Bertz CT molecular complexity index is 2680. The Morgan fingerprint density at radius 1 is 0.661 bits per heavy atom. The standard InChI is InChI=1S/C49H44O13/c1-25-19-37-35-14-13-34(56-27(3)51)24-42(35)60-49(39-15-16-40(57-28(4)52)36-17-18-48(7,8)62-47(36)39)46(37)38(20-25)45-43(59-30(6)54)21-31(22-44(45)61-49)9-10-32-11-12-33(55-26(2)50)23-41(32)58-29(5)53/h9-18,20-24,37-38,46H,19H2,1-8H3/b10-9+/t37-,38-,46-,49+/m1/s1. The Morgan fingerprint density at radius 2 is 1.29 bits per heavy atom. The quantitative estimate of drug-likeness (QED) is 0.0716. The van der Waals surface area contributed by atoms with E-state index in [2.05, 4.69) is 13.0 Å². The fraction of sp³-hybridized carbons (Fsp3) is 0.286. The van der Waals surface area contributed by atoms with Crippen molar-refractivity contribution < 1.29 is 61.9 Å². The van der Waals surface area contributed by atoms with E-state index in [1.54, 1.807) is 60.7 Å². The van der Waals surface area contributed by atoms with Gasteiger partial charge in [-0.05, 0) is 92.9 Å². The van der Waals surface area contributed by atoms with E-state index in [-0.39, 0.29) is 34.7 Å². The molecule has 13 heteroatoms. The minimum absolute atomic E-state index is 0.152. The van der Waals surface area contributed by atoms with Crippen LogP contribution < -0.4 is 37.9 Å². The van der Waals surface area contributed by atoms with Crippen LogP contribution in [0.5, 0.6) is 46.0 Å². The molecule has 1 aliphatic carbocycles. The topological polar surface area (TPSA) is 159 Å². The molecule has 0 fully saturated rings.